The fourth-order valence-electron chi connectivity index (χ4n) is 4.54. The van der Waals surface area contributed by atoms with Crippen molar-refractivity contribution in [1.82, 2.24) is 10.4 Å². The molecule has 2 fully saturated rings. The third kappa shape index (κ3) is 4.45. The summed E-state index contributed by atoms with van der Waals surface area (Å²) >= 11 is 11.4. The van der Waals surface area contributed by atoms with Crippen molar-refractivity contribution in [2.24, 2.45) is 11.7 Å². The largest absolute Gasteiger partial charge is 0.428 e. The van der Waals surface area contributed by atoms with E-state index in [2.05, 4.69) is 5.48 Å². The molecule has 1 atom stereocenters. The predicted molar refractivity (Wildman–Crippen MR) is 123 cm³/mol. The molecule has 1 saturated carbocycles. The average Bonchev–Trinajstić information content (AvgIpc) is 3.54. The van der Waals surface area contributed by atoms with Crippen molar-refractivity contribution in [3.05, 3.63) is 74.8 Å². The monoisotopic (exact) mass is 565 g/mol. The van der Waals surface area contributed by atoms with E-state index in [4.69, 9.17) is 33.8 Å². The van der Waals surface area contributed by atoms with Crippen molar-refractivity contribution >= 4 is 34.8 Å². The number of likely N-dealkylation sites (tertiary alicyclic amines) is 1. The van der Waals surface area contributed by atoms with Gasteiger partial charge in [0.05, 0.1) is 26.8 Å². The molecule has 0 spiro atoms. The minimum Gasteiger partial charge on any atom is -0.338 e. The van der Waals surface area contributed by atoms with E-state index in [1.807, 2.05) is 0 Å². The van der Waals surface area contributed by atoms with Crippen LogP contribution in [-0.4, -0.2) is 30.1 Å². The van der Waals surface area contributed by atoms with Crippen LogP contribution in [0.3, 0.4) is 0 Å². The summed E-state index contributed by atoms with van der Waals surface area (Å²) in [5.74, 6) is 0.151. The van der Waals surface area contributed by atoms with Crippen LogP contribution in [0.15, 0.2) is 42.5 Å². The SMILES string of the molecule is NC1(c2ccc(C3=CC(c4cc(Cl)c(Cl)c(C(F)(F)F)c4)(C(F)(F)F)ON3)cc2)CN(C(=O)C2CC2)C1. The van der Waals surface area contributed by atoms with Crippen LogP contribution in [0, 0.1) is 5.92 Å². The topological polar surface area (TPSA) is 67.6 Å². The summed E-state index contributed by atoms with van der Waals surface area (Å²) in [6, 6.07) is 7.26. The van der Waals surface area contributed by atoms with Gasteiger partial charge in [-0.15, -0.1) is 0 Å². The molecule has 2 heterocycles. The molecule has 3 aliphatic rings. The zero-order chi connectivity index (χ0) is 27.0. The number of halogens is 8. The maximum absolute atomic E-state index is 14.3. The number of hydrogen-bond donors (Lipinski definition) is 2. The van der Waals surface area contributed by atoms with Gasteiger partial charge in [0, 0.05) is 24.6 Å². The van der Waals surface area contributed by atoms with Gasteiger partial charge in [-0.25, -0.2) is 0 Å². The molecule has 1 saturated heterocycles. The summed E-state index contributed by atoms with van der Waals surface area (Å²) in [4.78, 5) is 18.8. The highest BCUT2D eigenvalue weighted by molar-refractivity contribution is 6.42. The minimum absolute atomic E-state index is 0.0731. The van der Waals surface area contributed by atoms with Crippen LogP contribution in [-0.2, 0) is 26.9 Å². The number of benzene rings is 2. The van der Waals surface area contributed by atoms with Gasteiger partial charge in [-0.1, -0.05) is 47.5 Å². The number of alkyl halides is 6. The van der Waals surface area contributed by atoms with Crippen LogP contribution >= 0.6 is 23.2 Å². The number of carbonyl (C=O) groups excluding carboxylic acids is 1. The van der Waals surface area contributed by atoms with E-state index in [0.717, 1.165) is 12.8 Å². The Morgan fingerprint density at radius 2 is 1.65 bits per heavy atom. The number of hydroxylamine groups is 1. The van der Waals surface area contributed by atoms with E-state index in [9.17, 15) is 31.1 Å². The standard InChI is InChI=1S/C24H19Cl2F6N3O2/c25-17-8-15(7-16(19(17)26)23(27,28)29)22(24(30,31)32)9-18(34-37-22)12-3-5-14(6-4-12)21(33)10-35(11-21)20(36)13-1-2-13/h3-9,13,34H,1-2,10-11,33H2. The van der Waals surface area contributed by atoms with Gasteiger partial charge in [-0.3, -0.25) is 15.1 Å². The van der Waals surface area contributed by atoms with Crippen LogP contribution in [0.5, 0.6) is 0 Å². The normalized spacial score (nSPS) is 23.4. The highest BCUT2D eigenvalue weighted by Gasteiger charge is 2.60. The van der Waals surface area contributed by atoms with E-state index in [0.29, 0.717) is 30.8 Å². The van der Waals surface area contributed by atoms with E-state index in [1.54, 1.807) is 17.0 Å². The second-order valence-electron chi connectivity index (χ2n) is 9.51. The quantitative estimate of drug-likeness (QED) is 0.463. The van der Waals surface area contributed by atoms with E-state index in [-0.39, 0.29) is 29.2 Å². The van der Waals surface area contributed by atoms with Gasteiger partial charge < -0.3 is 10.6 Å². The molecule has 37 heavy (non-hydrogen) atoms. The van der Waals surface area contributed by atoms with Gasteiger partial charge in [0.2, 0.25) is 11.5 Å². The molecule has 13 heteroatoms. The predicted octanol–water partition coefficient (Wildman–Crippen LogP) is 5.75. The highest BCUT2D eigenvalue weighted by atomic mass is 35.5. The van der Waals surface area contributed by atoms with Crippen LogP contribution in [0.1, 0.15) is 35.1 Å². The fraction of sp³-hybridized carbons (Fsp3) is 0.375. The van der Waals surface area contributed by atoms with E-state index >= 15 is 0 Å². The lowest BCUT2D eigenvalue weighted by molar-refractivity contribution is -0.269. The first kappa shape index (κ1) is 26.1. The fourth-order valence-corrected chi connectivity index (χ4v) is 4.97. The molecule has 1 aliphatic carbocycles. The first-order valence-corrected chi connectivity index (χ1v) is 11.9. The van der Waals surface area contributed by atoms with Gasteiger partial charge in [0.15, 0.2) is 0 Å². The maximum Gasteiger partial charge on any atom is 0.428 e. The average molecular weight is 566 g/mol. The molecular weight excluding hydrogens is 547 g/mol. The zero-order valence-corrected chi connectivity index (χ0v) is 20.3. The van der Waals surface area contributed by atoms with Gasteiger partial charge in [0.25, 0.3) is 0 Å². The second-order valence-corrected chi connectivity index (χ2v) is 10.3. The summed E-state index contributed by atoms with van der Waals surface area (Å²) in [6.07, 6.45) is -7.79. The Balaban J connectivity index is 1.44. The number of nitrogens with one attached hydrogen (secondary N) is 1. The zero-order valence-electron chi connectivity index (χ0n) is 18.8. The summed E-state index contributed by atoms with van der Waals surface area (Å²) in [6.45, 7) is 0.670. The molecule has 0 bridgehead atoms. The number of hydrogen-bond acceptors (Lipinski definition) is 4. The Morgan fingerprint density at radius 1 is 1.03 bits per heavy atom. The molecule has 2 aliphatic heterocycles. The Hall–Kier alpha value is -2.47. The van der Waals surface area contributed by atoms with Crippen molar-refractivity contribution < 1.29 is 36.0 Å². The van der Waals surface area contributed by atoms with Crippen molar-refractivity contribution in [1.29, 1.82) is 0 Å². The number of rotatable bonds is 4. The Bertz CT molecular complexity index is 1290. The molecule has 1 amide bonds. The summed E-state index contributed by atoms with van der Waals surface area (Å²) in [5.41, 5.74) is 3.01. The molecule has 0 aromatic heterocycles. The smallest absolute Gasteiger partial charge is 0.338 e. The minimum atomic E-state index is -5.16. The van der Waals surface area contributed by atoms with Gasteiger partial charge in [0.1, 0.15) is 0 Å². The van der Waals surface area contributed by atoms with E-state index in [1.165, 1.54) is 12.1 Å². The number of nitrogens with two attached hydrogens (primary N) is 1. The molecule has 198 valence electrons. The van der Waals surface area contributed by atoms with Crippen LogP contribution in [0.4, 0.5) is 26.3 Å². The molecule has 2 aromatic rings. The molecular formula is C24H19Cl2F6N3O2. The Labute approximate surface area is 217 Å². The first-order chi connectivity index (χ1) is 17.1. The lowest BCUT2D eigenvalue weighted by Gasteiger charge is -2.48. The van der Waals surface area contributed by atoms with Crippen molar-refractivity contribution in [2.75, 3.05) is 13.1 Å². The second kappa shape index (κ2) is 8.52. The lowest BCUT2D eigenvalue weighted by atomic mass is 9.82. The molecule has 0 radical (unpaired) electrons. The molecule has 3 N–H and O–H groups in total. The number of amides is 1. The molecule has 1 unspecified atom stereocenters. The summed E-state index contributed by atoms with van der Waals surface area (Å²) < 4.78 is 83.0. The van der Waals surface area contributed by atoms with Gasteiger partial charge in [-0.2, -0.15) is 26.3 Å². The van der Waals surface area contributed by atoms with Crippen LogP contribution in [0.2, 0.25) is 10.0 Å². The molecule has 2 aromatic carbocycles. The Kier molecular flexibility index (Phi) is 6.02. The van der Waals surface area contributed by atoms with Gasteiger partial charge >= 0.3 is 12.4 Å². The number of carbonyl (C=O) groups is 1. The third-order valence-corrected chi connectivity index (χ3v) is 7.61. The summed E-state index contributed by atoms with van der Waals surface area (Å²) in [7, 11) is 0. The van der Waals surface area contributed by atoms with E-state index < -0.39 is 44.7 Å². The Morgan fingerprint density at radius 3 is 2.19 bits per heavy atom. The van der Waals surface area contributed by atoms with Crippen molar-refractivity contribution in [3.8, 4) is 0 Å². The molecule has 5 nitrogen and oxygen atoms in total. The van der Waals surface area contributed by atoms with Crippen molar-refractivity contribution in [2.45, 2.75) is 36.3 Å². The lowest BCUT2D eigenvalue weighted by Crippen LogP contribution is -2.66. The first-order valence-electron chi connectivity index (χ1n) is 11.1. The maximum atomic E-state index is 14.3. The van der Waals surface area contributed by atoms with Crippen molar-refractivity contribution in [3.63, 3.8) is 0 Å². The van der Waals surface area contributed by atoms with Crippen LogP contribution in [0.25, 0.3) is 5.70 Å². The number of nitrogens with zero attached hydrogens (tertiary/aromatic N) is 1. The summed E-state index contributed by atoms with van der Waals surface area (Å²) in [5, 5.41) is -1.61. The molecule has 5 rings (SSSR count). The van der Waals surface area contributed by atoms with Gasteiger partial charge in [-0.05, 0) is 42.2 Å². The third-order valence-electron chi connectivity index (χ3n) is 6.81. The highest BCUT2D eigenvalue weighted by Crippen LogP contribution is 2.50. The van der Waals surface area contributed by atoms with Crippen LogP contribution < -0.4 is 11.2 Å².